The van der Waals surface area contributed by atoms with Crippen molar-refractivity contribution in [3.63, 3.8) is 0 Å². The summed E-state index contributed by atoms with van der Waals surface area (Å²) >= 11 is 0. The summed E-state index contributed by atoms with van der Waals surface area (Å²) in [5, 5.41) is 3.59. The van der Waals surface area contributed by atoms with E-state index in [0.717, 1.165) is 6.04 Å². The molecule has 2 heteroatoms. The van der Waals surface area contributed by atoms with Crippen molar-refractivity contribution < 1.29 is 0 Å². The average molecular weight is 196 g/mol. The maximum atomic E-state index is 3.59. The summed E-state index contributed by atoms with van der Waals surface area (Å²) in [5.74, 6) is 0. The van der Waals surface area contributed by atoms with Crippen LogP contribution in [0.5, 0.6) is 0 Å². The summed E-state index contributed by atoms with van der Waals surface area (Å²) in [5.41, 5.74) is 0.519. The number of nitrogens with zero attached hydrogens (tertiary/aromatic N) is 1. The molecule has 0 aromatic rings. The van der Waals surface area contributed by atoms with Crippen molar-refractivity contribution in [2.45, 2.75) is 57.5 Å². The molecule has 2 rings (SSSR count). The maximum absolute atomic E-state index is 3.59. The van der Waals surface area contributed by atoms with Gasteiger partial charge in [0.05, 0.1) is 0 Å². The van der Waals surface area contributed by atoms with E-state index in [1.54, 1.807) is 0 Å². The molecule has 0 aromatic carbocycles. The molecule has 2 saturated heterocycles. The van der Waals surface area contributed by atoms with E-state index >= 15 is 0 Å². The van der Waals surface area contributed by atoms with Crippen LogP contribution in [0.4, 0.5) is 0 Å². The molecular weight excluding hydrogens is 172 g/mol. The van der Waals surface area contributed by atoms with Gasteiger partial charge in [-0.15, -0.1) is 0 Å². The van der Waals surface area contributed by atoms with Crippen molar-refractivity contribution in [2.75, 3.05) is 19.6 Å². The van der Waals surface area contributed by atoms with E-state index in [2.05, 4.69) is 24.1 Å². The predicted octanol–water partition coefficient (Wildman–Crippen LogP) is 2.00. The van der Waals surface area contributed by atoms with E-state index in [9.17, 15) is 0 Å². The summed E-state index contributed by atoms with van der Waals surface area (Å²) in [6, 6.07) is 0.718. The first kappa shape index (κ1) is 10.4. The second kappa shape index (κ2) is 4.19. The van der Waals surface area contributed by atoms with Gasteiger partial charge >= 0.3 is 0 Å². The average Bonchev–Trinajstić information content (AvgIpc) is 2.19. The Bertz CT molecular complexity index is 174. The SMILES string of the molecule is CC(C)N1CCCCC12CCCNC2. The third-order valence-electron chi connectivity index (χ3n) is 3.97. The second-order valence-electron chi connectivity index (χ2n) is 5.25. The minimum atomic E-state index is 0.519. The van der Waals surface area contributed by atoms with Crippen molar-refractivity contribution in [3.05, 3.63) is 0 Å². The normalized spacial score (nSPS) is 35.4. The van der Waals surface area contributed by atoms with Crippen LogP contribution in [-0.2, 0) is 0 Å². The van der Waals surface area contributed by atoms with Gasteiger partial charge in [-0.3, -0.25) is 4.90 Å². The Hall–Kier alpha value is -0.0800. The van der Waals surface area contributed by atoms with Gasteiger partial charge in [0.15, 0.2) is 0 Å². The third kappa shape index (κ3) is 1.82. The van der Waals surface area contributed by atoms with Gasteiger partial charge in [0, 0.05) is 18.1 Å². The highest BCUT2D eigenvalue weighted by Crippen LogP contribution is 2.34. The van der Waals surface area contributed by atoms with E-state index in [1.807, 2.05) is 0 Å². The van der Waals surface area contributed by atoms with E-state index < -0.39 is 0 Å². The van der Waals surface area contributed by atoms with Crippen LogP contribution in [0.15, 0.2) is 0 Å². The van der Waals surface area contributed by atoms with Gasteiger partial charge in [-0.1, -0.05) is 6.42 Å². The quantitative estimate of drug-likeness (QED) is 0.690. The van der Waals surface area contributed by atoms with Gasteiger partial charge in [0.2, 0.25) is 0 Å². The molecule has 2 aliphatic rings. The zero-order valence-corrected chi connectivity index (χ0v) is 9.68. The number of likely N-dealkylation sites (tertiary alicyclic amines) is 1. The van der Waals surface area contributed by atoms with Gasteiger partial charge in [-0.2, -0.15) is 0 Å². The van der Waals surface area contributed by atoms with Crippen LogP contribution >= 0.6 is 0 Å². The first-order valence-electron chi connectivity index (χ1n) is 6.22. The number of hydrogen-bond acceptors (Lipinski definition) is 2. The van der Waals surface area contributed by atoms with Gasteiger partial charge in [0.1, 0.15) is 0 Å². The van der Waals surface area contributed by atoms with Crippen molar-refractivity contribution >= 4 is 0 Å². The molecule has 2 fully saturated rings. The molecule has 2 heterocycles. The molecule has 1 atom stereocenters. The Labute approximate surface area is 88.1 Å². The molecule has 1 unspecified atom stereocenters. The van der Waals surface area contributed by atoms with Crippen LogP contribution in [0.25, 0.3) is 0 Å². The Morgan fingerprint density at radius 1 is 1.14 bits per heavy atom. The van der Waals surface area contributed by atoms with Crippen LogP contribution < -0.4 is 5.32 Å². The van der Waals surface area contributed by atoms with Crippen LogP contribution in [0.1, 0.15) is 46.0 Å². The molecule has 0 saturated carbocycles. The van der Waals surface area contributed by atoms with E-state index in [1.165, 1.54) is 51.7 Å². The molecule has 0 aromatic heterocycles. The van der Waals surface area contributed by atoms with Gasteiger partial charge in [-0.05, 0) is 52.6 Å². The minimum absolute atomic E-state index is 0.519. The monoisotopic (exact) mass is 196 g/mol. The molecule has 0 aliphatic carbocycles. The number of nitrogens with one attached hydrogen (secondary N) is 1. The largest absolute Gasteiger partial charge is 0.315 e. The fourth-order valence-electron chi connectivity index (χ4n) is 3.33. The van der Waals surface area contributed by atoms with E-state index in [0.29, 0.717) is 5.54 Å². The molecule has 2 aliphatic heterocycles. The van der Waals surface area contributed by atoms with Crippen LogP contribution in [0.3, 0.4) is 0 Å². The molecule has 14 heavy (non-hydrogen) atoms. The summed E-state index contributed by atoms with van der Waals surface area (Å²) in [6.07, 6.45) is 7.03. The fraction of sp³-hybridized carbons (Fsp3) is 1.00. The highest BCUT2D eigenvalue weighted by Gasteiger charge is 2.40. The molecule has 0 amide bonds. The molecule has 1 N–H and O–H groups in total. The standard InChI is InChI=1S/C12H24N2/c1-11(2)14-9-4-3-6-12(14)7-5-8-13-10-12/h11,13H,3-10H2,1-2H3. The maximum Gasteiger partial charge on any atom is 0.0337 e. The molecule has 82 valence electrons. The Balaban J connectivity index is 2.10. The zero-order chi connectivity index (χ0) is 10.0. The Kier molecular flexibility index (Phi) is 3.13. The molecular formula is C12H24N2. The van der Waals surface area contributed by atoms with Crippen molar-refractivity contribution in [3.8, 4) is 0 Å². The topological polar surface area (TPSA) is 15.3 Å². The fourth-order valence-corrected chi connectivity index (χ4v) is 3.33. The van der Waals surface area contributed by atoms with Crippen LogP contribution in [-0.4, -0.2) is 36.1 Å². The van der Waals surface area contributed by atoms with Crippen molar-refractivity contribution in [1.82, 2.24) is 10.2 Å². The number of rotatable bonds is 1. The smallest absolute Gasteiger partial charge is 0.0337 e. The lowest BCUT2D eigenvalue weighted by atomic mass is 9.80. The third-order valence-corrected chi connectivity index (χ3v) is 3.97. The summed E-state index contributed by atoms with van der Waals surface area (Å²) in [6.45, 7) is 8.47. The van der Waals surface area contributed by atoms with E-state index in [4.69, 9.17) is 0 Å². The van der Waals surface area contributed by atoms with Gasteiger partial charge < -0.3 is 5.32 Å². The number of piperidine rings is 2. The first-order valence-corrected chi connectivity index (χ1v) is 6.22. The summed E-state index contributed by atoms with van der Waals surface area (Å²) in [7, 11) is 0. The zero-order valence-electron chi connectivity index (χ0n) is 9.68. The highest BCUT2D eigenvalue weighted by molar-refractivity contribution is 4.98. The van der Waals surface area contributed by atoms with Crippen LogP contribution in [0, 0.1) is 0 Å². The summed E-state index contributed by atoms with van der Waals surface area (Å²) < 4.78 is 0. The Morgan fingerprint density at radius 3 is 2.57 bits per heavy atom. The first-order chi connectivity index (χ1) is 6.75. The highest BCUT2D eigenvalue weighted by atomic mass is 15.2. The molecule has 2 nitrogen and oxygen atoms in total. The summed E-state index contributed by atoms with van der Waals surface area (Å²) in [4.78, 5) is 2.75. The molecule has 0 radical (unpaired) electrons. The lowest BCUT2D eigenvalue weighted by molar-refractivity contribution is 0.00144. The second-order valence-corrected chi connectivity index (χ2v) is 5.25. The van der Waals surface area contributed by atoms with Gasteiger partial charge in [0.25, 0.3) is 0 Å². The number of hydrogen-bond donors (Lipinski definition) is 1. The molecule has 1 spiro atoms. The predicted molar refractivity (Wildman–Crippen MR) is 60.5 cm³/mol. The lowest BCUT2D eigenvalue weighted by Gasteiger charge is -2.51. The van der Waals surface area contributed by atoms with E-state index in [-0.39, 0.29) is 0 Å². The Morgan fingerprint density at radius 2 is 1.93 bits per heavy atom. The van der Waals surface area contributed by atoms with Crippen LogP contribution in [0.2, 0.25) is 0 Å². The molecule has 0 bridgehead atoms. The van der Waals surface area contributed by atoms with Crippen molar-refractivity contribution in [1.29, 1.82) is 0 Å². The lowest BCUT2D eigenvalue weighted by Crippen LogP contribution is -2.61. The van der Waals surface area contributed by atoms with Crippen molar-refractivity contribution in [2.24, 2.45) is 0 Å². The van der Waals surface area contributed by atoms with Gasteiger partial charge in [-0.25, -0.2) is 0 Å². The minimum Gasteiger partial charge on any atom is -0.315 e.